The summed E-state index contributed by atoms with van der Waals surface area (Å²) in [6.07, 6.45) is 4.44. The zero-order valence-electron chi connectivity index (χ0n) is 28.7. The predicted molar refractivity (Wildman–Crippen MR) is 222 cm³/mol. The molecule has 2 heteroatoms. The normalized spacial score (nSPS) is 11.4. The fraction of sp³-hybridized carbons (Fsp3) is 0. The van der Waals surface area contributed by atoms with E-state index in [0.717, 1.165) is 33.9 Å². The molecule has 0 spiro atoms. The van der Waals surface area contributed by atoms with Gasteiger partial charge in [-0.25, -0.2) is 0 Å². The standard InChI is InChI=1S/C50H36N2/c1-5-16-40(17-6-1)49-47-35-38(29-34-48(47)52(44-23-11-4-12-24-44)50(49)41-18-7-2-8-19-41)26-25-37-27-31-45(32-28-37)51(43-21-9-3-10-22-43)46-33-30-39-15-13-14-20-42(39)36-46/h1-36H/b26-25+. The maximum atomic E-state index is 2.41. The maximum Gasteiger partial charge on any atom is 0.0619 e. The van der Waals surface area contributed by atoms with Crippen molar-refractivity contribution >= 4 is 50.9 Å². The predicted octanol–water partition coefficient (Wildman–Crippen LogP) is 13.8. The highest BCUT2D eigenvalue weighted by atomic mass is 15.1. The van der Waals surface area contributed by atoms with E-state index in [1.807, 2.05) is 0 Å². The summed E-state index contributed by atoms with van der Waals surface area (Å²) in [4.78, 5) is 2.32. The minimum absolute atomic E-state index is 1.11. The van der Waals surface area contributed by atoms with E-state index in [0.29, 0.717) is 0 Å². The van der Waals surface area contributed by atoms with Crippen molar-refractivity contribution in [1.29, 1.82) is 0 Å². The highest BCUT2D eigenvalue weighted by Gasteiger charge is 2.21. The molecule has 0 atom stereocenters. The molecule has 1 heterocycles. The topological polar surface area (TPSA) is 8.17 Å². The smallest absolute Gasteiger partial charge is 0.0619 e. The van der Waals surface area contributed by atoms with Crippen LogP contribution in [0.3, 0.4) is 0 Å². The molecule has 0 N–H and O–H groups in total. The molecule has 9 aromatic rings. The summed E-state index contributed by atoms with van der Waals surface area (Å²) in [5, 5.41) is 3.69. The van der Waals surface area contributed by atoms with Crippen LogP contribution in [-0.4, -0.2) is 4.57 Å². The number of rotatable bonds is 8. The molecule has 0 amide bonds. The van der Waals surface area contributed by atoms with Gasteiger partial charge >= 0.3 is 0 Å². The zero-order valence-corrected chi connectivity index (χ0v) is 28.7. The fourth-order valence-corrected chi connectivity index (χ4v) is 7.29. The number of hydrogen-bond acceptors (Lipinski definition) is 1. The third-order valence-electron chi connectivity index (χ3n) is 9.74. The fourth-order valence-electron chi connectivity index (χ4n) is 7.29. The quantitative estimate of drug-likeness (QED) is 0.147. The van der Waals surface area contributed by atoms with E-state index in [2.05, 4.69) is 228 Å². The van der Waals surface area contributed by atoms with Gasteiger partial charge in [-0.2, -0.15) is 0 Å². The van der Waals surface area contributed by atoms with Gasteiger partial charge < -0.3 is 9.47 Å². The lowest BCUT2D eigenvalue weighted by atomic mass is 9.97. The zero-order chi connectivity index (χ0) is 34.7. The van der Waals surface area contributed by atoms with Crippen LogP contribution in [0.4, 0.5) is 17.1 Å². The Balaban J connectivity index is 1.11. The summed E-state index contributed by atoms with van der Waals surface area (Å²) in [6.45, 7) is 0. The second kappa shape index (κ2) is 13.8. The molecule has 2 nitrogen and oxygen atoms in total. The largest absolute Gasteiger partial charge is 0.310 e. The molecule has 246 valence electrons. The summed E-state index contributed by atoms with van der Waals surface area (Å²) in [6, 6.07) is 73.7. The van der Waals surface area contributed by atoms with Crippen molar-refractivity contribution in [2.24, 2.45) is 0 Å². The maximum absolute atomic E-state index is 2.41. The van der Waals surface area contributed by atoms with Gasteiger partial charge in [-0.05, 0) is 93.7 Å². The second-order valence-electron chi connectivity index (χ2n) is 13.0. The van der Waals surface area contributed by atoms with Crippen LogP contribution in [0, 0.1) is 0 Å². The van der Waals surface area contributed by atoms with Crippen LogP contribution >= 0.6 is 0 Å². The lowest BCUT2D eigenvalue weighted by Crippen LogP contribution is -2.09. The van der Waals surface area contributed by atoms with E-state index in [1.165, 1.54) is 44.1 Å². The lowest BCUT2D eigenvalue weighted by Gasteiger charge is -2.26. The van der Waals surface area contributed by atoms with Crippen LogP contribution in [0.15, 0.2) is 206 Å². The van der Waals surface area contributed by atoms with Crippen LogP contribution in [0.5, 0.6) is 0 Å². The van der Waals surface area contributed by atoms with E-state index in [4.69, 9.17) is 0 Å². The Labute approximate surface area is 304 Å². The van der Waals surface area contributed by atoms with E-state index in [1.54, 1.807) is 0 Å². The Morgan fingerprint density at radius 3 is 1.63 bits per heavy atom. The first kappa shape index (κ1) is 31.1. The van der Waals surface area contributed by atoms with Gasteiger partial charge in [0.2, 0.25) is 0 Å². The highest BCUT2D eigenvalue weighted by molar-refractivity contribution is 6.06. The Hall–Kier alpha value is -6.90. The molecule has 8 aromatic carbocycles. The molecule has 0 radical (unpaired) electrons. The van der Waals surface area contributed by atoms with Gasteiger partial charge in [-0.15, -0.1) is 0 Å². The molecule has 0 saturated heterocycles. The SMILES string of the molecule is C(=C\c1ccc2c(c1)c(-c1ccccc1)c(-c1ccccc1)n2-c1ccccc1)/c1ccc(N(c2ccccc2)c2ccc3ccccc3c2)cc1. The lowest BCUT2D eigenvalue weighted by molar-refractivity contribution is 1.13. The summed E-state index contributed by atoms with van der Waals surface area (Å²) in [7, 11) is 0. The molecule has 9 rings (SSSR count). The van der Waals surface area contributed by atoms with E-state index >= 15 is 0 Å². The van der Waals surface area contributed by atoms with Crippen molar-refractivity contribution in [3.05, 3.63) is 217 Å². The van der Waals surface area contributed by atoms with Crippen molar-refractivity contribution in [1.82, 2.24) is 4.57 Å². The van der Waals surface area contributed by atoms with Gasteiger partial charge in [0.05, 0.1) is 11.2 Å². The van der Waals surface area contributed by atoms with Gasteiger partial charge in [-0.3, -0.25) is 0 Å². The van der Waals surface area contributed by atoms with Gasteiger partial charge in [0.25, 0.3) is 0 Å². The minimum atomic E-state index is 1.11. The molecule has 0 aliphatic rings. The Bertz CT molecular complexity index is 2640. The third-order valence-corrected chi connectivity index (χ3v) is 9.74. The molecule has 0 bridgehead atoms. The molecule has 0 aliphatic heterocycles. The van der Waals surface area contributed by atoms with Crippen molar-refractivity contribution in [2.75, 3.05) is 4.90 Å². The molecule has 52 heavy (non-hydrogen) atoms. The van der Waals surface area contributed by atoms with Crippen LogP contribution < -0.4 is 4.90 Å². The summed E-state index contributed by atoms with van der Waals surface area (Å²) in [5.74, 6) is 0. The van der Waals surface area contributed by atoms with Crippen LogP contribution in [0.1, 0.15) is 11.1 Å². The van der Waals surface area contributed by atoms with Crippen molar-refractivity contribution in [3.63, 3.8) is 0 Å². The number of nitrogens with zero attached hydrogens (tertiary/aromatic N) is 2. The van der Waals surface area contributed by atoms with E-state index in [-0.39, 0.29) is 0 Å². The number of benzene rings is 8. The van der Waals surface area contributed by atoms with Crippen molar-refractivity contribution in [3.8, 4) is 28.1 Å². The Morgan fingerprint density at radius 1 is 0.385 bits per heavy atom. The van der Waals surface area contributed by atoms with Crippen LogP contribution in [-0.2, 0) is 0 Å². The number of para-hydroxylation sites is 2. The average molecular weight is 665 g/mol. The molecule has 0 fully saturated rings. The Morgan fingerprint density at radius 2 is 0.923 bits per heavy atom. The molecular weight excluding hydrogens is 629 g/mol. The molecule has 0 aliphatic carbocycles. The number of hydrogen-bond donors (Lipinski definition) is 0. The first-order chi connectivity index (χ1) is 25.8. The summed E-state index contributed by atoms with van der Waals surface area (Å²) in [5.41, 5.74) is 12.8. The van der Waals surface area contributed by atoms with Crippen LogP contribution in [0.25, 0.3) is 61.9 Å². The second-order valence-corrected chi connectivity index (χ2v) is 13.0. The first-order valence-corrected chi connectivity index (χ1v) is 17.8. The molecule has 1 aromatic heterocycles. The average Bonchev–Trinajstić information content (AvgIpc) is 3.56. The summed E-state index contributed by atoms with van der Waals surface area (Å²) >= 11 is 0. The van der Waals surface area contributed by atoms with Crippen molar-refractivity contribution < 1.29 is 0 Å². The van der Waals surface area contributed by atoms with E-state index in [9.17, 15) is 0 Å². The van der Waals surface area contributed by atoms with Gasteiger partial charge in [-0.1, -0.05) is 158 Å². The molecule has 0 saturated carbocycles. The molecule has 0 unspecified atom stereocenters. The summed E-state index contributed by atoms with van der Waals surface area (Å²) < 4.78 is 2.41. The number of fused-ring (bicyclic) bond motifs is 2. The van der Waals surface area contributed by atoms with Gasteiger partial charge in [0, 0.05) is 33.7 Å². The number of aromatic nitrogens is 1. The Kier molecular flexibility index (Phi) is 8.24. The van der Waals surface area contributed by atoms with Crippen LogP contribution in [0.2, 0.25) is 0 Å². The highest BCUT2D eigenvalue weighted by Crippen LogP contribution is 2.43. The third kappa shape index (κ3) is 5.97. The monoisotopic (exact) mass is 664 g/mol. The first-order valence-electron chi connectivity index (χ1n) is 17.8. The van der Waals surface area contributed by atoms with Gasteiger partial charge in [0.15, 0.2) is 0 Å². The minimum Gasteiger partial charge on any atom is -0.310 e. The van der Waals surface area contributed by atoms with Crippen molar-refractivity contribution in [2.45, 2.75) is 0 Å². The van der Waals surface area contributed by atoms with E-state index < -0.39 is 0 Å². The molecular formula is C50H36N2. The number of anilines is 3. The van der Waals surface area contributed by atoms with Gasteiger partial charge in [0.1, 0.15) is 0 Å².